The van der Waals surface area contributed by atoms with Gasteiger partial charge in [0.15, 0.2) is 0 Å². The molecule has 0 amide bonds. The first kappa shape index (κ1) is 18.0. The van der Waals surface area contributed by atoms with E-state index in [4.69, 9.17) is 0 Å². The van der Waals surface area contributed by atoms with Crippen LogP contribution in [0.4, 0.5) is 0 Å². The first-order valence-electron chi connectivity index (χ1n) is 11.8. The van der Waals surface area contributed by atoms with Crippen molar-refractivity contribution in [3.05, 3.63) is 0 Å². The Morgan fingerprint density at radius 1 is 0.885 bits per heavy atom. The van der Waals surface area contributed by atoms with E-state index in [9.17, 15) is 10.2 Å². The second kappa shape index (κ2) is 6.21. The maximum atomic E-state index is 11.2. The van der Waals surface area contributed by atoms with Gasteiger partial charge in [-0.15, -0.1) is 0 Å². The molecule has 148 valence electrons. The molecule has 5 rings (SSSR count). The van der Waals surface area contributed by atoms with Crippen LogP contribution in [-0.4, -0.2) is 21.9 Å². The minimum atomic E-state index is -0.316. The van der Waals surface area contributed by atoms with Gasteiger partial charge in [0.1, 0.15) is 0 Å². The Bertz CT molecular complexity index is 540. The van der Waals surface area contributed by atoms with E-state index >= 15 is 0 Å². The van der Waals surface area contributed by atoms with E-state index in [1.54, 1.807) is 0 Å². The second-order valence-corrected chi connectivity index (χ2v) is 11.5. The third-order valence-corrected chi connectivity index (χ3v) is 10.1. The van der Waals surface area contributed by atoms with Crippen LogP contribution >= 0.6 is 0 Å². The molecule has 9 atom stereocenters. The van der Waals surface area contributed by atoms with Crippen molar-refractivity contribution < 1.29 is 10.2 Å². The van der Waals surface area contributed by atoms with Crippen molar-refractivity contribution in [3.63, 3.8) is 0 Å². The Hall–Kier alpha value is -0.0800. The molecule has 0 heterocycles. The molecule has 0 saturated heterocycles. The molecule has 2 N–H and O–H groups in total. The van der Waals surface area contributed by atoms with Crippen LogP contribution in [0.5, 0.6) is 0 Å². The molecule has 1 unspecified atom stereocenters. The summed E-state index contributed by atoms with van der Waals surface area (Å²) in [6.45, 7) is 4.54. The minimum Gasteiger partial charge on any atom is -0.393 e. The zero-order valence-electron chi connectivity index (χ0n) is 17.0. The molecule has 5 aliphatic carbocycles. The van der Waals surface area contributed by atoms with E-state index in [2.05, 4.69) is 6.92 Å². The fourth-order valence-electron chi connectivity index (χ4n) is 8.84. The van der Waals surface area contributed by atoms with Crippen LogP contribution in [0, 0.1) is 46.8 Å². The predicted molar refractivity (Wildman–Crippen MR) is 105 cm³/mol. The summed E-state index contributed by atoms with van der Waals surface area (Å²) in [5, 5.41) is 21.5. The van der Waals surface area contributed by atoms with Gasteiger partial charge in [0.2, 0.25) is 0 Å². The van der Waals surface area contributed by atoms with E-state index in [0.717, 1.165) is 54.8 Å². The SMILES string of the molecule is CC(O)[C@H]1CC[C@H]2[C@@H]3CC[C@@H]4C[C@@](O)(CC5CC5)CC[C@@H]4[C@H]3CC[C@]12C. The normalized spacial score (nSPS) is 54.9. The highest BCUT2D eigenvalue weighted by Gasteiger charge is 2.58. The molecule has 5 aliphatic rings. The van der Waals surface area contributed by atoms with Gasteiger partial charge >= 0.3 is 0 Å². The zero-order valence-corrected chi connectivity index (χ0v) is 17.0. The lowest BCUT2D eigenvalue weighted by Crippen LogP contribution is -2.51. The summed E-state index contributed by atoms with van der Waals surface area (Å²) in [7, 11) is 0. The van der Waals surface area contributed by atoms with Gasteiger partial charge in [-0.25, -0.2) is 0 Å². The summed E-state index contributed by atoms with van der Waals surface area (Å²) >= 11 is 0. The van der Waals surface area contributed by atoms with Gasteiger partial charge in [-0.05, 0) is 118 Å². The summed E-state index contributed by atoms with van der Waals surface area (Å²) in [6.07, 6.45) is 15.3. The molecular formula is C24H40O2. The number of hydrogen-bond donors (Lipinski definition) is 2. The third-order valence-electron chi connectivity index (χ3n) is 10.1. The highest BCUT2D eigenvalue weighted by atomic mass is 16.3. The quantitative estimate of drug-likeness (QED) is 0.729. The molecular weight excluding hydrogens is 320 g/mol. The molecule has 0 spiro atoms. The van der Waals surface area contributed by atoms with E-state index in [0.29, 0.717) is 11.3 Å². The topological polar surface area (TPSA) is 40.5 Å². The van der Waals surface area contributed by atoms with Crippen molar-refractivity contribution >= 4 is 0 Å². The Kier molecular flexibility index (Phi) is 4.29. The molecule has 0 aromatic rings. The molecule has 0 radical (unpaired) electrons. The fourth-order valence-corrected chi connectivity index (χ4v) is 8.84. The monoisotopic (exact) mass is 360 g/mol. The maximum absolute atomic E-state index is 11.2. The first-order chi connectivity index (χ1) is 12.4. The second-order valence-electron chi connectivity index (χ2n) is 11.5. The largest absolute Gasteiger partial charge is 0.393 e. The number of hydrogen-bond acceptors (Lipinski definition) is 2. The highest BCUT2D eigenvalue weighted by Crippen LogP contribution is 2.65. The lowest BCUT2D eigenvalue weighted by atomic mass is 9.48. The summed E-state index contributed by atoms with van der Waals surface area (Å²) < 4.78 is 0. The van der Waals surface area contributed by atoms with Gasteiger partial charge < -0.3 is 10.2 Å². The summed E-state index contributed by atoms with van der Waals surface area (Å²) in [4.78, 5) is 0. The molecule has 0 aromatic carbocycles. The lowest BCUT2D eigenvalue weighted by molar-refractivity contribution is -0.114. The maximum Gasteiger partial charge on any atom is 0.0653 e. The van der Waals surface area contributed by atoms with Crippen LogP contribution in [0.1, 0.15) is 90.9 Å². The van der Waals surface area contributed by atoms with Gasteiger partial charge in [0, 0.05) is 0 Å². The van der Waals surface area contributed by atoms with Crippen LogP contribution in [0.15, 0.2) is 0 Å². The van der Waals surface area contributed by atoms with E-state index in [1.807, 2.05) is 6.92 Å². The molecule has 2 heteroatoms. The van der Waals surface area contributed by atoms with Gasteiger partial charge in [-0.1, -0.05) is 19.8 Å². The Morgan fingerprint density at radius 3 is 2.38 bits per heavy atom. The van der Waals surface area contributed by atoms with Crippen molar-refractivity contribution in [2.45, 2.75) is 103 Å². The molecule has 0 bridgehead atoms. The molecule has 5 saturated carbocycles. The van der Waals surface area contributed by atoms with Gasteiger partial charge in [-0.2, -0.15) is 0 Å². The van der Waals surface area contributed by atoms with Crippen LogP contribution < -0.4 is 0 Å². The number of aliphatic hydroxyl groups is 2. The van der Waals surface area contributed by atoms with Gasteiger partial charge in [0.05, 0.1) is 11.7 Å². The number of fused-ring (bicyclic) bond motifs is 5. The minimum absolute atomic E-state index is 0.134. The Balaban J connectivity index is 1.31. The molecule has 0 aliphatic heterocycles. The van der Waals surface area contributed by atoms with Gasteiger partial charge in [-0.3, -0.25) is 0 Å². The summed E-state index contributed by atoms with van der Waals surface area (Å²) in [5.41, 5.74) is 0.0761. The molecule has 0 aromatic heterocycles. The summed E-state index contributed by atoms with van der Waals surface area (Å²) in [6, 6.07) is 0. The van der Waals surface area contributed by atoms with Crippen molar-refractivity contribution in [2.24, 2.45) is 46.8 Å². The Morgan fingerprint density at radius 2 is 1.65 bits per heavy atom. The standard InChI is InChI=1S/C24H40O2/c1-15(25)21-7-8-22-20-6-5-17-14-24(26,13-16-3-4-16)12-10-18(17)19(20)9-11-23(21,22)2/h15-22,25-26H,3-14H2,1-2H3/t15?,17-,18+,19-,20-,21-,22+,23-,24+/m1/s1. The van der Waals surface area contributed by atoms with Gasteiger partial charge in [0.25, 0.3) is 0 Å². The summed E-state index contributed by atoms with van der Waals surface area (Å²) in [5.74, 6) is 5.75. The molecule has 5 fully saturated rings. The van der Waals surface area contributed by atoms with Crippen molar-refractivity contribution in [1.82, 2.24) is 0 Å². The number of aliphatic hydroxyl groups excluding tert-OH is 1. The lowest BCUT2D eigenvalue weighted by Gasteiger charge is -2.57. The average molecular weight is 361 g/mol. The smallest absolute Gasteiger partial charge is 0.0653 e. The van der Waals surface area contributed by atoms with Crippen LogP contribution in [0.3, 0.4) is 0 Å². The van der Waals surface area contributed by atoms with Crippen LogP contribution in [-0.2, 0) is 0 Å². The van der Waals surface area contributed by atoms with E-state index in [1.165, 1.54) is 57.8 Å². The van der Waals surface area contributed by atoms with Crippen LogP contribution in [0.25, 0.3) is 0 Å². The highest BCUT2D eigenvalue weighted by molar-refractivity contribution is 5.08. The van der Waals surface area contributed by atoms with Crippen molar-refractivity contribution in [2.75, 3.05) is 0 Å². The van der Waals surface area contributed by atoms with Crippen molar-refractivity contribution in [1.29, 1.82) is 0 Å². The van der Waals surface area contributed by atoms with Crippen LogP contribution in [0.2, 0.25) is 0 Å². The van der Waals surface area contributed by atoms with E-state index < -0.39 is 0 Å². The average Bonchev–Trinajstić information content (AvgIpc) is 3.31. The molecule has 2 nitrogen and oxygen atoms in total. The fraction of sp³-hybridized carbons (Fsp3) is 1.00. The van der Waals surface area contributed by atoms with Crippen molar-refractivity contribution in [3.8, 4) is 0 Å². The van der Waals surface area contributed by atoms with E-state index in [-0.39, 0.29) is 11.7 Å². The third kappa shape index (κ3) is 2.81. The first-order valence-corrected chi connectivity index (χ1v) is 11.8. The zero-order chi connectivity index (χ0) is 18.1. The predicted octanol–water partition coefficient (Wildman–Crippen LogP) is 5.17. The number of rotatable bonds is 3. The Labute approximate surface area is 160 Å². The molecule has 26 heavy (non-hydrogen) atoms.